The molecule has 0 aliphatic rings. The largest absolute Gasteiger partial charge is 0.396 e. The van der Waals surface area contributed by atoms with Gasteiger partial charge in [0.05, 0.1) is 5.69 Å². The van der Waals surface area contributed by atoms with Gasteiger partial charge in [-0.2, -0.15) is 0 Å². The van der Waals surface area contributed by atoms with Gasteiger partial charge in [0.25, 0.3) is 0 Å². The first-order chi connectivity index (χ1) is 11.1. The highest BCUT2D eigenvalue weighted by molar-refractivity contribution is 5.96. The molecule has 0 aromatic carbocycles. The summed E-state index contributed by atoms with van der Waals surface area (Å²) >= 11 is 0. The van der Waals surface area contributed by atoms with Crippen molar-refractivity contribution in [3.05, 3.63) is 59.2 Å². The van der Waals surface area contributed by atoms with Gasteiger partial charge in [-0.05, 0) is 51.0 Å². The van der Waals surface area contributed by atoms with E-state index in [2.05, 4.69) is 15.1 Å². The van der Waals surface area contributed by atoms with Gasteiger partial charge in [0.2, 0.25) is 0 Å². The van der Waals surface area contributed by atoms with Crippen LogP contribution < -0.4 is 5.73 Å². The first kappa shape index (κ1) is 16.6. The number of nitrogens with zero attached hydrogens (tertiary/aromatic N) is 3. The molecule has 0 spiro atoms. The summed E-state index contributed by atoms with van der Waals surface area (Å²) in [4.78, 5) is 14.0. The van der Waals surface area contributed by atoms with Crippen molar-refractivity contribution in [1.82, 2.24) is 9.97 Å². The number of hydrogen-bond acceptors (Lipinski definition) is 5. The van der Waals surface area contributed by atoms with Crippen LogP contribution in [0.4, 0.5) is 0 Å². The van der Waals surface area contributed by atoms with Crippen LogP contribution in [-0.2, 0) is 11.3 Å². The van der Waals surface area contributed by atoms with Gasteiger partial charge >= 0.3 is 0 Å². The lowest BCUT2D eigenvalue weighted by Gasteiger charge is -2.04. The predicted octanol–water partition coefficient (Wildman–Crippen LogP) is 2.44. The Morgan fingerprint density at radius 1 is 1.17 bits per heavy atom. The zero-order valence-electron chi connectivity index (χ0n) is 13.4. The Morgan fingerprint density at radius 2 is 1.91 bits per heavy atom. The van der Waals surface area contributed by atoms with Crippen LogP contribution >= 0.6 is 0 Å². The van der Waals surface area contributed by atoms with Crippen molar-refractivity contribution < 1.29 is 4.84 Å². The van der Waals surface area contributed by atoms with Crippen molar-refractivity contribution in [2.75, 3.05) is 6.61 Å². The predicted molar refractivity (Wildman–Crippen MR) is 90.7 cm³/mol. The van der Waals surface area contributed by atoms with Crippen molar-refractivity contribution in [1.29, 1.82) is 5.41 Å². The minimum atomic E-state index is -0.0195. The van der Waals surface area contributed by atoms with E-state index in [1.54, 1.807) is 6.07 Å². The minimum Gasteiger partial charge on any atom is -0.396 e. The van der Waals surface area contributed by atoms with Crippen molar-refractivity contribution in [2.45, 2.75) is 26.7 Å². The van der Waals surface area contributed by atoms with Crippen LogP contribution in [0, 0.1) is 12.3 Å². The number of rotatable bonds is 7. The summed E-state index contributed by atoms with van der Waals surface area (Å²) in [5, 5.41) is 11.5. The summed E-state index contributed by atoms with van der Waals surface area (Å²) in [6.07, 6.45) is 1.53. The standard InChI is InChI=1S/C17H21N5O/c1-12-6-3-9-15(20-12)13(2)22-23-11-5-8-14-7-4-10-16(21-14)17(18)19/h3-4,6-7,9-10H,5,8,11H2,1-2H3,(H3,18,19)/b22-13-. The average Bonchev–Trinajstić information content (AvgIpc) is 2.54. The van der Waals surface area contributed by atoms with E-state index in [-0.39, 0.29) is 5.84 Å². The van der Waals surface area contributed by atoms with Gasteiger partial charge < -0.3 is 10.6 Å². The lowest BCUT2D eigenvalue weighted by molar-refractivity contribution is 0.141. The van der Waals surface area contributed by atoms with Gasteiger partial charge in [-0.1, -0.05) is 17.3 Å². The lowest BCUT2D eigenvalue weighted by atomic mass is 10.2. The topological polar surface area (TPSA) is 97.2 Å². The number of aryl methyl sites for hydroxylation is 2. The van der Waals surface area contributed by atoms with Crippen molar-refractivity contribution >= 4 is 11.5 Å². The third kappa shape index (κ3) is 5.18. The summed E-state index contributed by atoms with van der Waals surface area (Å²) in [7, 11) is 0. The number of nitrogens with two attached hydrogens (primary N) is 1. The third-order valence-corrected chi connectivity index (χ3v) is 3.21. The molecule has 2 rings (SSSR count). The number of pyridine rings is 2. The number of oxime groups is 1. The lowest BCUT2D eigenvalue weighted by Crippen LogP contribution is -2.13. The summed E-state index contributed by atoms with van der Waals surface area (Å²) < 4.78 is 0. The maximum atomic E-state index is 7.39. The average molecular weight is 311 g/mol. The Balaban J connectivity index is 1.80. The first-order valence-corrected chi connectivity index (χ1v) is 7.47. The van der Waals surface area contributed by atoms with Crippen LogP contribution in [0.3, 0.4) is 0 Å². The molecule has 0 amide bonds. The Bertz CT molecular complexity index is 712. The van der Waals surface area contributed by atoms with Crippen LogP contribution in [-0.4, -0.2) is 28.1 Å². The van der Waals surface area contributed by atoms with E-state index in [0.29, 0.717) is 12.3 Å². The van der Waals surface area contributed by atoms with Gasteiger partial charge in [-0.25, -0.2) is 4.98 Å². The Kier molecular flexibility index (Phi) is 5.80. The molecule has 23 heavy (non-hydrogen) atoms. The summed E-state index contributed by atoms with van der Waals surface area (Å²) in [5.41, 5.74) is 9.35. The van der Waals surface area contributed by atoms with Gasteiger partial charge in [-0.15, -0.1) is 0 Å². The molecule has 0 atom stereocenters. The van der Waals surface area contributed by atoms with E-state index in [0.717, 1.165) is 35.6 Å². The molecular weight excluding hydrogens is 290 g/mol. The van der Waals surface area contributed by atoms with Gasteiger partial charge in [0.15, 0.2) is 0 Å². The quantitative estimate of drug-likeness (QED) is 0.355. The zero-order chi connectivity index (χ0) is 16.7. The molecule has 2 aromatic rings. The summed E-state index contributed by atoms with van der Waals surface area (Å²) in [6.45, 7) is 4.31. The summed E-state index contributed by atoms with van der Waals surface area (Å²) in [6, 6.07) is 11.3. The fourth-order valence-electron chi connectivity index (χ4n) is 2.02. The smallest absolute Gasteiger partial charge is 0.141 e. The van der Waals surface area contributed by atoms with Gasteiger partial charge in [0, 0.05) is 11.4 Å². The maximum Gasteiger partial charge on any atom is 0.141 e. The van der Waals surface area contributed by atoms with Gasteiger partial charge in [-0.3, -0.25) is 10.4 Å². The third-order valence-electron chi connectivity index (χ3n) is 3.21. The van der Waals surface area contributed by atoms with Gasteiger partial charge in [0.1, 0.15) is 23.8 Å². The highest BCUT2D eigenvalue weighted by atomic mass is 16.6. The molecule has 0 aliphatic carbocycles. The molecular formula is C17H21N5O. The zero-order valence-corrected chi connectivity index (χ0v) is 13.4. The molecule has 120 valence electrons. The Morgan fingerprint density at radius 3 is 2.65 bits per heavy atom. The Labute approximate surface area is 135 Å². The van der Waals surface area contributed by atoms with E-state index >= 15 is 0 Å². The SMILES string of the molecule is C/C(=N/OCCCc1cccc(C(=N)N)n1)c1cccc(C)n1. The summed E-state index contributed by atoms with van der Waals surface area (Å²) in [5.74, 6) is -0.0195. The number of hydrogen-bond donors (Lipinski definition) is 2. The highest BCUT2D eigenvalue weighted by Gasteiger charge is 2.02. The van der Waals surface area contributed by atoms with Crippen LogP contribution in [0.25, 0.3) is 0 Å². The monoisotopic (exact) mass is 311 g/mol. The normalized spacial score (nSPS) is 11.3. The number of nitrogen functional groups attached to an aromatic ring is 1. The molecule has 0 saturated heterocycles. The molecule has 0 unspecified atom stereocenters. The first-order valence-electron chi connectivity index (χ1n) is 7.47. The second-order valence-corrected chi connectivity index (χ2v) is 5.21. The number of amidine groups is 1. The van der Waals surface area contributed by atoms with Crippen LogP contribution in [0.2, 0.25) is 0 Å². The number of aromatic nitrogens is 2. The molecule has 0 bridgehead atoms. The van der Waals surface area contributed by atoms with E-state index in [1.807, 2.05) is 44.2 Å². The molecule has 2 aromatic heterocycles. The van der Waals surface area contributed by atoms with Crippen LogP contribution in [0.5, 0.6) is 0 Å². The number of nitrogens with one attached hydrogen (secondary N) is 1. The molecule has 6 heteroatoms. The van der Waals surface area contributed by atoms with E-state index in [9.17, 15) is 0 Å². The van der Waals surface area contributed by atoms with Crippen LogP contribution in [0.1, 0.15) is 36.1 Å². The van der Waals surface area contributed by atoms with Crippen molar-refractivity contribution in [3.8, 4) is 0 Å². The van der Waals surface area contributed by atoms with Crippen molar-refractivity contribution in [3.63, 3.8) is 0 Å². The second-order valence-electron chi connectivity index (χ2n) is 5.21. The van der Waals surface area contributed by atoms with E-state index in [4.69, 9.17) is 16.0 Å². The molecule has 2 heterocycles. The maximum absolute atomic E-state index is 7.39. The fraction of sp³-hybridized carbons (Fsp3) is 0.294. The van der Waals surface area contributed by atoms with Crippen LogP contribution in [0.15, 0.2) is 41.6 Å². The van der Waals surface area contributed by atoms with E-state index < -0.39 is 0 Å². The second kappa shape index (κ2) is 8.03. The highest BCUT2D eigenvalue weighted by Crippen LogP contribution is 2.04. The molecule has 0 radical (unpaired) electrons. The molecule has 3 N–H and O–H groups in total. The van der Waals surface area contributed by atoms with Crippen molar-refractivity contribution in [2.24, 2.45) is 10.9 Å². The molecule has 0 aliphatic heterocycles. The molecule has 0 saturated carbocycles. The molecule has 6 nitrogen and oxygen atoms in total. The van der Waals surface area contributed by atoms with E-state index in [1.165, 1.54) is 0 Å². The minimum absolute atomic E-state index is 0.0195. The molecule has 0 fully saturated rings. The Hall–Kier alpha value is -2.76. The fourth-order valence-corrected chi connectivity index (χ4v) is 2.02.